The molecule has 3 heterocycles. The molecule has 1 aromatic carbocycles. The second kappa shape index (κ2) is 11.4. The molecular weight excluding hydrogens is 534 g/mol. The van der Waals surface area contributed by atoms with Crippen molar-refractivity contribution in [2.75, 3.05) is 19.7 Å². The maximum absolute atomic E-state index is 12.5. The number of hydrogen-bond donors (Lipinski definition) is 0. The molecule has 1 amide bonds. The highest BCUT2D eigenvalue weighted by Gasteiger charge is 2.40. The number of fused-ring (bicyclic) bond motifs is 1. The Bertz CT molecular complexity index is 1380. The molecule has 0 bridgehead atoms. The van der Waals surface area contributed by atoms with E-state index in [1.807, 2.05) is 31.5 Å². The maximum Gasteiger partial charge on any atom is 0.410 e. The number of likely N-dealkylation sites (tertiary alicyclic amines) is 1. The van der Waals surface area contributed by atoms with Crippen molar-refractivity contribution in [3.8, 4) is 17.1 Å². The SMILES string of the molecule is CC(C)(C)OC(=O)N1CCC(c2cc(-c3nn(COCC[Si](C)(C)C)c4ccc(OC5(C)CC5)cc34)ncn2)CC1. The van der Waals surface area contributed by atoms with E-state index >= 15 is 0 Å². The molecule has 1 saturated carbocycles. The predicted molar refractivity (Wildman–Crippen MR) is 163 cm³/mol. The van der Waals surface area contributed by atoms with E-state index in [2.05, 4.69) is 54.7 Å². The standard InChI is InChI=1S/C31H45N5O4Si/c1-30(2,3)40-29(37)35-14-10-22(11-15-35)25-19-26(33-20-32-25)28-24-18-23(39-31(4)12-13-31)8-9-27(24)36(34-28)21-38-16-17-41(5,6)7/h8-9,18-20,22H,10-17,21H2,1-7H3. The second-order valence-electron chi connectivity index (χ2n) is 14.0. The molecule has 10 heteroatoms. The van der Waals surface area contributed by atoms with Gasteiger partial charge < -0.3 is 19.1 Å². The monoisotopic (exact) mass is 579 g/mol. The van der Waals surface area contributed by atoms with E-state index in [-0.39, 0.29) is 17.6 Å². The van der Waals surface area contributed by atoms with Gasteiger partial charge in [0.15, 0.2) is 0 Å². The van der Waals surface area contributed by atoms with Crippen LogP contribution in [0.1, 0.15) is 65.0 Å². The van der Waals surface area contributed by atoms with Crippen LogP contribution in [-0.4, -0.2) is 69.7 Å². The first-order valence-corrected chi connectivity index (χ1v) is 18.6. The highest BCUT2D eigenvalue weighted by atomic mass is 28.3. The number of carbonyl (C=O) groups excluding carboxylic acids is 1. The lowest BCUT2D eigenvalue weighted by Crippen LogP contribution is -2.41. The van der Waals surface area contributed by atoms with Gasteiger partial charge in [-0.2, -0.15) is 5.10 Å². The van der Waals surface area contributed by atoms with Crippen molar-refractivity contribution in [3.05, 3.63) is 36.3 Å². The van der Waals surface area contributed by atoms with Gasteiger partial charge in [0.1, 0.15) is 35.7 Å². The normalized spacial score (nSPS) is 17.6. The molecule has 2 aliphatic rings. The van der Waals surface area contributed by atoms with Crippen LogP contribution in [0.4, 0.5) is 4.79 Å². The summed E-state index contributed by atoms with van der Waals surface area (Å²) in [5.41, 5.74) is 2.99. The number of rotatable bonds is 9. The van der Waals surface area contributed by atoms with E-state index in [4.69, 9.17) is 19.3 Å². The van der Waals surface area contributed by atoms with E-state index in [1.54, 1.807) is 11.2 Å². The number of ether oxygens (including phenoxy) is 3. The minimum atomic E-state index is -1.18. The topological polar surface area (TPSA) is 91.6 Å². The first-order valence-electron chi connectivity index (χ1n) is 14.9. The van der Waals surface area contributed by atoms with Crippen molar-refractivity contribution in [2.45, 2.75) is 103 Å². The van der Waals surface area contributed by atoms with Crippen molar-refractivity contribution >= 4 is 25.1 Å². The highest BCUT2D eigenvalue weighted by molar-refractivity contribution is 6.76. The van der Waals surface area contributed by atoms with Gasteiger partial charge in [-0.25, -0.2) is 19.4 Å². The molecule has 0 unspecified atom stereocenters. The van der Waals surface area contributed by atoms with Gasteiger partial charge in [0.25, 0.3) is 0 Å². The van der Waals surface area contributed by atoms with E-state index in [1.165, 1.54) is 0 Å². The van der Waals surface area contributed by atoms with Crippen molar-refractivity contribution in [1.82, 2.24) is 24.6 Å². The Morgan fingerprint density at radius 2 is 1.83 bits per heavy atom. The molecule has 0 radical (unpaired) electrons. The van der Waals surface area contributed by atoms with Gasteiger partial charge in [-0.15, -0.1) is 0 Å². The lowest BCUT2D eigenvalue weighted by atomic mass is 9.93. The van der Waals surface area contributed by atoms with Gasteiger partial charge in [-0.3, -0.25) is 0 Å². The summed E-state index contributed by atoms with van der Waals surface area (Å²) in [6.45, 7) is 17.3. The van der Waals surface area contributed by atoms with Crippen molar-refractivity contribution in [2.24, 2.45) is 0 Å². The zero-order valence-electron chi connectivity index (χ0n) is 25.7. The Hall–Kier alpha value is -2.98. The van der Waals surface area contributed by atoms with Crippen molar-refractivity contribution in [1.29, 1.82) is 0 Å². The third-order valence-electron chi connectivity index (χ3n) is 7.75. The fourth-order valence-electron chi connectivity index (χ4n) is 5.01. The van der Waals surface area contributed by atoms with Crippen LogP contribution in [0.5, 0.6) is 5.75 Å². The molecule has 2 aromatic heterocycles. The van der Waals surface area contributed by atoms with Crippen LogP contribution in [-0.2, 0) is 16.2 Å². The molecule has 5 rings (SSSR count). The van der Waals surface area contributed by atoms with Crippen LogP contribution < -0.4 is 4.74 Å². The molecule has 222 valence electrons. The Morgan fingerprint density at radius 3 is 2.49 bits per heavy atom. The number of carbonyl (C=O) groups is 1. The third kappa shape index (κ3) is 7.65. The highest BCUT2D eigenvalue weighted by Crippen LogP contribution is 2.41. The fourth-order valence-corrected chi connectivity index (χ4v) is 5.77. The summed E-state index contributed by atoms with van der Waals surface area (Å²) in [6, 6.07) is 9.35. The molecule has 0 spiro atoms. The number of piperidine rings is 1. The molecule has 1 aliphatic carbocycles. The summed E-state index contributed by atoms with van der Waals surface area (Å²) >= 11 is 0. The fraction of sp³-hybridized carbons (Fsp3) is 0.613. The molecule has 1 saturated heterocycles. The van der Waals surface area contributed by atoms with Crippen molar-refractivity contribution < 1.29 is 19.0 Å². The van der Waals surface area contributed by atoms with Gasteiger partial charge in [-0.05, 0) is 83.7 Å². The summed E-state index contributed by atoms with van der Waals surface area (Å²) in [5.74, 6) is 1.09. The van der Waals surface area contributed by atoms with Crippen LogP contribution >= 0.6 is 0 Å². The quantitative estimate of drug-likeness (QED) is 0.202. The Morgan fingerprint density at radius 1 is 1.10 bits per heavy atom. The molecule has 1 aliphatic heterocycles. The molecule has 2 fully saturated rings. The number of hydrogen-bond acceptors (Lipinski definition) is 7. The molecule has 0 N–H and O–H groups in total. The predicted octanol–water partition coefficient (Wildman–Crippen LogP) is 6.85. The average molecular weight is 580 g/mol. The first kappa shape index (κ1) is 29.5. The van der Waals surface area contributed by atoms with E-state index in [9.17, 15) is 4.79 Å². The number of nitrogens with zero attached hydrogens (tertiary/aromatic N) is 5. The van der Waals surface area contributed by atoms with Crippen LogP contribution in [0, 0.1) is 0 Å². The van der Waals surface area contributed by atoms with Crippen LogP contribution in [0.25, 0.3) is 22.3 Å². The van der Waals surface area contributed by atoms with Crippen LogP contribution in [0.15, 0.2) is 30.6 Å². The van der Waals surface area contributed by atoms with Crippen LogP contribution in [0.2, 0.25) is 25.7 Å². The Kier molecular flexibility index (Phi) is 8.18. The smallest absolute Gasteiger partial charge is 0.410 e. The summed E-state index contributed by atoms with van der Waals surface area (Å²) < 4.78 is 19.9. The molecule has 41 heavy (non-hydrogen) atoms. The Balaban J connectivity index is 1.37. The van der Waals surface area contributed by atoms with Gasteiger partial charge in [0.05, 0.1) is 11.2 Å². The van der Waals surface area contributed by atoms with E-state index in [0.717, 1.165) is 72.1 Å². The van der Waals surface area contributed by atoms with E-state index in [0.29, 0.717) is 19.8 Å². The zero-order valence-corrected chi connectivity index (χ0v) is 26.7. The second-order valence-corrected chi connectivity index (χ2v) is 19.6. The van der Waals surface area contributed by atoms with Gasteiger partial charge >= 0.3 is 6.09 Å². The van der Waals surface area contributed by atoms with E-state index < -0.39 is 13.7 Å². The maximum atomic E-state index is 12.5. The largest absolute Gasteiger partial charge is 0.488 e. The first-order chi connectivity index (χ1) is 19.3. The minimum absolute atomic E-state index is 0.0694. The molecule has 0 atom stereocenters. The van der Waals surface area contributed by atoms with Crippen LogP contribution in [0.3, 0.4) is 0 Å². The third-order valence-corrected chi connectivity index (χ3v) is 9.45. The number of aromatic nitrogens is 4. The lowest BCUT2D eigenvalue weighted by molar-refractivity contribution is 0.0204. The summed E-state index contributed by atoms with van der Waals surface area (Å²) in [4.78, 5) is 23.6. The summed E-state index contributed by atoms with van der Waals surface area (Å²) in [7, 11) is -1.18. The Labute approximate surface area is 244 Å². The van der Waals surface area contributed by atoms with Crippen molar-refractivity contribution in [3.63, 3.8) is 0 Å². The molecule has 3 aromatic rings. The summed E-state index contributed by atoms with van der Waals surface area (Å²) in [6.07, 6.45) is 5.18. The van der Waals surface area contributed by atoms with Gasteiger partial charge in [-0.1, -0.05) is 19.6 Å². The average Bonchev–Trinajstić information content (AvgIpc) is 3.51. The molecular formula is C31H45N5O4Si. The summed E-state index contributed by atoms with van der Waals surface area (Å²) in [5, 5.41) is 5.98. The van der Waals surface area contributed by atoms with Gasteiger partial charge in [0, 0.05) is 44.8 Å². The lowest BCUT2D eigenvalue weighted by Gasteiger charge is -2.33. The molecule has 9 nitrogen and oxygen atoms in total. The van der Waals surface area contributed by atoms with Gasteiger partial charge in [0.2, 0.25) is 0 Å². The number of amides is 1. The zero-order chi connectivity index (χ0) is 29.4. The minimum Gasteiger partial charge on any atom is -0.488 e. The number of benzene rings is 1.